The first kappa shape index (κ1) is 106. The summed E-state index contributed by atoms with van der Waals surface area (Å²) in [6, 6.07) is 30.0. The lowest BCUT2D eigenvalue weighted by molar-refractivity contribution is -0.127. The van der Waals surface area contributed by atoms with Gasteiger partial charge in [-0.25, -0.2) is 42.3 Å². The van der Waals surface area contributed by atoms with Gasteiger partial charge >= 0.3 is 5.97 Å². The van der Waals surface area contributed by atoms with Crippen LogP contribution < -0.4 is 38.1 Å². The molecule has 4 aromatic carbocycles. The Labute approximate surface area is 812 Å². The Morgan fingerprint density at radius 1 is 0.453 bits per heavy atom. The molecule has 0 bridgehead atoms. The van der Waals surface area contributed by atoms with E-state index in [1.54, 1.807) is 106 Å². The van der Waals surface area contributed by atoms with Gasteiger partial charge in [0, 0.05) is 112 Å². The van der Waals surface area contributed by atoms with Gasteiger partial charge in [0.25, 0.3) is 0 Å². The second-order valence-corrected chi connectivity index (χ2v) is 40.5. The van der Waals surface area contributed by atoms with E-state index in [0.717, 1.165) is 30.6 Å². The molecule has 14 rings (SSSR count). The van der Waals surface area contributed by atoms with Gasteiger partial charge in [0.2, 0.25) is 11.3 Å². The first-order valence-electron chi connectivity index (χ1n) is 45.3. The number of nitrogens with two attached hydrogens (primary N) is 1. The molecule has 1 aliphatic heterocycles. The molecule has 0 aliphatic carbocycles. The number of nitrogens with zero attached hydrogens (tertiary/aromatic N) is 10. The Morgan fingerprint density at radius 3 is 1.19 bits per heavy atom. The van der Waals surface area contributed by atoms with Gasteiger partial charge in [-0.3, -0.25) is 29.0 Å². The smallest absolute Gasteiger partial charge is 0.341 e. The Hall–Kier alpha value is -11.5. The topological polar surface area (TPSA) is 361 Å². The number of carbonyl (C=O) groups is 2. The van der Waals surface area contributed by atoms with Gasteiger partial charge in [0.05, 0.1) is 104 Å². The molecule has 10 heterocycles. The predicted molar refractivity (Wildman–Crippen MR) is 535 cm³/mol. The third-order valence-corrected chi connectivity index (χ3v) is 25.9. The van der Waals surface area contributed by atoms with Crippen LogP contribution in [-0.4, -0.2) is 143 Å². The van der Waals surface area contributed by atoms with Crippen molar-refractivity contribution in [2.45, 2.75) is 192 Å². The van der Waals surface area contributed by atoms with E-state index >= 15 is 0 Å². The number of fused-ring (bicyclic) bond motifs is 4. The largest absolute Gasteiger partial charge is 0.477 e. The van der Waals surface area contributed by atoms with Crippen molar-refractivity contribution in [2.24, 2.45) is 21.7 Å². The molecule has 13 aromatic rings. The van der Waals surface area contributed by atoms with Crippen molar-refractivity contribution in [1.29, 1.82) is 0 Å². The minimum Gasteiger partial charge on any atom is -0.477 e. The van der Waals surface area contributed by atoms with Crippen LogP contribution in [0.15, 0.2) is 165 Å². The summed E-state index contributed by atoms with van der Waals surface area (Å²) in [5.74, 6) is -2.19. The van der Waals surface area contributed by atoms with Gasteiger partial charge in [0.15, 0.2) is 16.3 Å². The number of carboxylic acid groups (broad SMARTS) is 1. The molecule has 1 amide bonds. The molecule has 1 aliphatic rings. The second kappa shape index (κ2) is 45.0. The highest BCUT2D eigenvalue weighted by atomic mass is 35.5. The summed E-state index contributed by atoms with van der Waals surface area (Å²) in [5.41, 5.74) is 11.7. The molecular formula is C104H119Cl4F4N13O12. The van der Waals surface area contributed by atoms with Crippen LogP contribution in [-0.2, 0) is 43.4 Å². The van der Waals surface area contributed by atoms with Gasteiger partial charge in [0.1, 0.15) is 68.9 Å². The molecule has 728 valence electrons. The molecule has 0 saturated carbocycles. The van der Waals surface area contributed by atoms with Crippen LogP contribution in [0, 0.1) is 65.7 Å². The molecule has 137 heavy (non-hydrogen) atoms. The molecule has 9 aromatic heterocycles. The number of halogens is 8. The van der Waals surface area contributed by atoms with Crippen LogP contribution in [0.2, 0.25) is 20.1 Å². The number of amides is 1. The van der Waals surface area contributed by atoms with Crippen molar-refractivity contribution < 1.29 is 57.8 Å². The summed E-state index contributed by atoms with van der Waals surface area (Å²) < 4.78 is 65.7. The predicted octanol–water partition coefficient (Wildman–Crippen LogP) is 19.0. The number of aromatic carboxylic acids is 1. The fraction of sp³-hybridized carbons (Fsp3) is 0.394. The van der Waals surface area contributed by atoms with Crippen LogP contribution in [0.3, 0.4) is 0 Å². The summed E-state index contributed by atoms with van der Waals surface area (Å²) in [7, 11) is 0. The van der Waals surface area contributed by atoms with Crippen LogP contribution in [0.4, 0.5) is 35.0 Å². The molecule has 0 unspecified atom stereocenters. The van der Waals surface area contributed by atoms with Gasteiger partial charge in [-0.05, 0) is 173 Å². The summed E-state index contributed by atoms with van der Waals surface area (Å²) in [6.07, 6.45) is 12.0. The maximum atomic E-state index is 14.8. The highest BCUT2D eigenvalue weighted by molar-refractivity contribution is 6.31. The van der Waals surface area contributed by atoms with Gasteiger partial charge < -0.3 is 70.2 Å². The number of pyridine rings is 9. The number of nitrogen functional groups attached to an aromatic ring is 1. The minimum atomic E-state index is -1.40. The number of aliphatic hydroxyl groups is 5. The molecule has 25 nitrogen and oxygen atoms in total. The van der Waals surface area contributed by atoms with Crippen LogP contribution in [0.1, 0.15) is 216 Å². The number of benzene rings is 4. The number of aromatic nitrogens is 9. The lowest BCUT2D eigenvalue weighted by Crippen LogP contribution is -2.31. The van der Waals surface area contributed by atoms with Gasteiger partial charge in [-0.2, -0.15) is 0 Å². The zero-order chi connectivity index (χ0) is 100. The zero-order valence-corrected chi connectivity index (χ0v) is 82.6. The van der Waals surface area contributed by atoms with Crippen molar-refractivity contribution >= 4 is 120 Å². The molecule has 0 radical (unpaired) electrons. The normalized spacial score (nSPS) is 13.4. The Kier molecular flexibility index (Phi) is 34.8. The molecule has 33 heteroatoms. The lowest BCUT2D eigenvalue weighted by atomic mass is 9.86. The summed E-state index contributed by atoms with van der Waals surface area (Å²) in [6.45, 7) is 30.8. The Balaban J connectivity index is 0.000000176. The van der Waals surface area contributed by atoms with E-state index < -0.39 is 51.7 Å². The summed E-state index contributed by atoms with van der Waals surface area (Å²) in [4.78, 5) is 101. The molecule has 1 fully saturated rings. The van der Waals surface area contributed by atoms with Crippen molar-refractivity contribution in [3.8, 4) is 0 Å². The van der Waals surface area contributed by atoms with Crippen LogP contribution in [0.5, 0.6) is 0 Å². The third kappa shape index (κ3) is 24.8. The number of hydrogen-bond acceptors (Lipinski definition) is 19. The average molecular weight is 1960 g/mol. The van der Waals surface area contributed by atoms with Gasteiger partial charge in [-0.1, -0.05) is 184 Å². The number of anilines is 3. The van der Waals surface area contributed by atoms with Crippen molar-refractivity contribution in [1.82, 2.24) is 48.1 Å². The first-order chi connectivity index (χ1) is 64.6. The van der Waals surface area contributed by atoms with Crippen molar-refractivity contribution in [2.75, 3.05) is 69.0 Å². The highest BCUT2D eigenvalue weighted by Gasteiger charge is 2.35. The van der Waals surface area contributed by atoms with E-state index in [9.17, 15) is 77.0 Å². The maximum absolute atomic E-state index is 14.8. The average Bonchev–Trinajstić information content (AvgIpc) is 0.942. The quantitative estimate of drug-likeness (QED) is 0.0162. The number of likely N-dealkylation sites (tertiary alicyclic amines) is 1. The SMILES string of the molecule is CC(C)(C)[C@@H](CO)n1cc(C(=O)O)c(=O)c2cc(Cc3cccc(Cl)c3F)c(N)nc21.Cc1cn([C@H](CO)C(C)(C)C)c2nc(CCCO)c(Cc3cccc(Cl)c3F)cc2c1=O.Cc1cn([C@H](CO)C(C)(C)C)c2nc(NCCCN3CCCC3=O)c(Cc3cccc(Cl)c3F)cc2c1=O.Cc1cn([C@H](CO)C(C)(C)C)c2nc(NCc3ccccn3)c(Cc3cccc(Cl)c3F)cc2c1=O. The zero-order valence-electron chi connectivity index (χ0n) is 79.6. The number of hydrogen-bond donors (Lipinski definition) is 9. The molecule has 1 saturated heterocycles. The van der Waals surface area contributed by atoms with E-state index in [1.807, 2.05) is 120 Å². The van der Waals surface area contributed by atoms with Crippen molar-refractivity contribution in [3.05, 3.63) is 309 Å². The number of aryl methyl sites for hydroxylation is 4. The number of aliphatic hydroxyl groups excluding tert-OH is 5. The first-order valence-corrected chi connectivity index (χ1v) is 46.8. The maximum Gasteiger partial charge on any atom is 0.341 e. The van der Waals surface area contributed by atoms with E-state index in [4.69, 9.17) is 67.1 Å². The van der Waals surface area contributed by atoms with E-state index in [1.165, 1.54) is 47.2 Å². The second-order valence-electron chi connectivity index (χ2n) is 38.9. The Bertz CT molecular complexity index is 6890. The fourth-order valence-corrected chi connectivity index (χ4v) is 17.7. The fourth-order valence-electron chi connectivity index (χ4n) is 16.9. The number of nitrogens with one attached hydrogen (secondary N) is 2. The number of carboxylic acids is 1. The van der Waals surface area contributed by atoms with E-state index in [-0.39, 0.29) is 158 Å². The highest BCUT2D eigenvalue weighted by Crippen LogP contribution is 2.40. The third-order valence-electron chi connectivity index (χ3n) is 24.7. The molecular weight excluding hydrogens is 1840 g/mol. The lowest BCUT2D eigenvalue weighted by Gasteiger charge is -2.32. The summed E-state index contributed by atoms with van der Waals surface area (Å²) in [5, 5.41) is 67.6. The number of rotatable bonds is 28. The molecule has 10 N–H and O–H groups in total. The van der Waals surface area contributed by atoms with E-state index in [2.05, 4.69) is 20.6 Å². The monoisotopic (exact) mass is 1960 g/mol. The molecule has 4 atom stereocenters. The van der Waals surface area contributed by atoms with Crippen LogP contribution in [0.25, 0.3) is 44.1 Å². The molecule has 0 spiro atoms. The van der Waals surface area contributed by atoms with E-state index in [0.29, 0.717) is 139 Å². The Morgan fingerprint density at radius 2 is 0.818 bits per heavy atom. The number of carbonyl (C=O) groups excluding carboxylic acids is 1. The van der Waals surface area contributed by atoms with Gasteiger partial charge in [-0.15, -0.1) is 0 Å². The van der Waals surface area contributed by atoms with Crippen LogP contribution >= 0.6 is 46.4 Å². The van der Waals surface area contributed by atoms with Crippen molar-refractivity contribution in [3.63, 3.8) is 0 Å². The standard InChI is InChI=1S/C29H36ClFN4O3.C28H30ClFN4O2.C25H30ClFN2O3.C22H23ClFN3O4/c1-18-16-35(23(17-36)29(2,3)4)28-21(26(18)38)15-20(14-19-8-5-9-22(30)25(19)31)27(33-28)32-11-7-13-34-12-6-10-24(34)37;1-17-15-34(23(16-35)28(2,3)4)27-21(25(17)36)13-19(12-18-8-7-10-22(29)24(18)30)26(33-27)32-14-20-9-5-6-11-31-20;1-15-13-29(21(14-31)25(2,3)4)24-18(23(15)32)12-17(20(28-24)9-6-10-30)11-16-7-5-8-19(26)22(16)27;1-22(2,3)16(10-28)27-9-14(21(30)31)18(29)13-8-12(19(25)26-20(13)27)7-11-5-4-6-15(23)17(11)24/h5,8-9,15-16,23,36H,6-7,10-14,17H2,1-4H3,(H,32,33);5-11,13,15,23,35H,12,14,16H2,1-4H3,(H,32,33);5,7-8,12-13,21,30-31H,6,9-11,14H2,1-4H3;4-6,8-9,16,28H,7,10H2,1-3H3,(H2,25,26)(H,30,31)/t2*23-;21-;16-/m1111/s1. The summed E-state index contributed by atoms with van der Waals surface area (Å²) >= 11 is 23.9. The minimum absolute atomic E-state index is 0.00730.